The molecule has 0 amide bonds. The van der Waals surface area contributed by atoms with Crippen molar-refractivity contribution in [3.8, 4) is 5.75 Å². The summed E-state index contributed by atoms with van der Waals surface area (Å²) in [6, 6.07) is 15.2. The molecule has 1 heterocycles. The van der Waals surface area contributed by atoms with Crippen LogP contribution in [-0.4, -0.2) is 6.61 Å². The Balaban J connectivity index is 1.75. The van der Waals surface area contributed by atoms with Gasteiger partial charge < -0.3 is 4.74 Å². The van der Waals surface area contributed by atoms with Crippen LogP contribution in [0.15, 0.2) is 42.5 Å². The van der Waals surface area contributed by atoms with Crippen molar-refractivity contribution in [3.63, 3.8) is 0 Å². The van der Waals surface area contributed by atoms with Crippen molar-refractivity contribution < 1.29 is 4.74 Å². The van der Waals surface area contributed by atoms with Crippen LogP contribution in [0.1, 0.15) is 40.6 Å². The molecule has 0 spiro atoms. The number of rotatable bonds is 3. The van der Waals surface area contributed by atoms with E-state index in [9.17, 15) is 0 Å². The number of benzene rings is 2. The largest absolute Gasteiger partial charge is 0.493 e. The van der Waals surface area contributed by atoms with Crippen molar-refractivity contribution in [2.75, 3.05) is 6.61 Å². The first-order valence-corrected chi connectivity index (χ1v) is 7.67. The lowest BCUT2D eigenvalue weighted by Gasteiger charge is -2.25. The van der Waals surface area contributed by atoms with Crippen LogP contribution in [-0.2, 0) is 12.8 Å². The Hall–Kier alpha value is -1.84. The Morgan fingerprint density at radius 2 is 1.90 bits per heavy atom. The molecule has 3 N–H and O–H groups in total. The number of ether oxygens (including phenoxy) is 1. The van der Waals surface area contributed by atoms with Crippen LogP contribution in [0.25, 0.3) is 0 Å². The third kappa shape index (κ3) is 2.04. The predicted octanol–water partition coefficient (Wildman–Crippen LogP) is 2.86. The second-order valence-corrected chi connectivity index (χ2v) is 5.92. The van der Waals surface area contributed by atoms with E-state index in [4.69, 9.17) is 10.6 Å². The fourth-order valence-electron chi connectivity index (χ4n) is 3.84. The zero-order valence-corrected chi connectivity index (χ0v) is 12.0. The highest BCUT2D eigenvalue weighted by Gasteiger charge is 2.32. The van der Waals surface area contributed by atoms with E-state index in [2.05, 4.69) is 47.9 Å². The molecule has 3 nitrogen and oxygen atoms in total. The molecule has 4 rings (SSSR count). The molecule has 2 aromatic rings. The summed E-state index contributed by atoms with van der Waals surface area (Å²) in [5, 5.41) is 0. The third-order valence-electron chi connectivity index (χ3n) is 4.84. The first-order chi connectivity index (χ1) is 10.4. The Morgan fingerprint density at radius 3 is 2.81 bits per heavy atom. The molecule has 2 unspecified atom stereocenters. The number of hydrazine groups is 1. The SMILES string of the molecule is NNC(c1cccc2c1OCC2)C1CCc2ccccc21. The molecular weight excluding hydrogens is 260 g/mol. The summed E-state index contributed by atoms with van der Waals surface area (Å²) >= 11 is 0. The Kier molecular flexibility index (Phi) is 3.17. The minimum absolute atomic E-state index is 0.113. The van der Waals surface area contributed by atoms with Crippen LogP contribution in [0, 0.1) is 0 Å². The topological polar surface area (TPSA) is 47.3 Å². The van der Waals surface area contributed by atoms with Crippen molar-refractivity contribution >= 4 is 0 Å². The van der Waals surface area contributed by atoms with Gasteiger partial charge in [0.1, 0.15) is 5.75 Å². The summed E-state index contributed by atoms with van der Waals surface area (Å²) < 4.78 is 5.86. The minimum Gasteiger partial charge on any atom is -0.493 e. The fourth-order valence-corrected chi connectivity index (χ4v) is 3.84. The van der Waals surface area contributed by atoms with Gasteiger partial charge in [-0.3, -0.25) is 11.3 Å². The number of para-hydroxylation sites is 1. The second-order valence-electron chi connectivity index (χ2n) is 5.92. The van der Waals surface area contributed by atoms with Crippen LogP contribution < -0.4 is 16.0 Å². The summed E-state index contributed by atoms with van der Waals surface area (Å²) in [7, 11) is 0. The normalized spacial score (nSPS) is 20.7. The van der Waals surface area contributed by atoms with Gasteiger partial charge in [-0.15, -0.1) is 0 Å². The molecule has 2 atom stereocenters. The number of fused-ring (bicyclic) bond motifs is 2. The number of hydrogen-bond donors (Lipinski definition) is 2. The van der Waals surface area contributed by atoms with Gasteiger partial charge in [-0.05, 0) is 29.5 Å². The van der Waals surface area contributed by atoms with Gasteiger partial charge in [-0.1, -0.05) is 42.5 Å². The van der Waals surface area contributed by atoms with Crippen molar-refractivity contribution in [3.05, 3.63) is 64.7 Å². The molecule has 2 aliphatic rings. The molecule has 0 saturated carbocycles. The van der Waals surface area contributed by atoms with Crippen molar-refractivity contribution in [2.24, 2.45) is 5.84 Å². The number of nitrogens with two attached hydrogens (primary N) is 1. The maximum Gasteiger partial charge on any atom is 0.127 e. The van der Waals surface area contributed by atoms with Crippen LogP contribution in [0.3, 0.4) is 0 Å². The Bertz CT molecular complexity index is 668. The van der Waals surface area contributed by atoms with E-state index in [0.29, 0.717) is 5.92 Å². The molecule has 0 fully saturated rings. The lowest BCUT2D eigenvalue weighted by molar-refractivity contribution is 0.343. The fraction of sp³-hybridized carbons (Fsp3) is 0.333. The van der Waals surface area contributed by atoms with Gasteiger partial charge in [0.2, 0.25) is 0 Å². The smallest absolute Gasteiger partial charge is 0.127 e. The molecule has 0 saturated heterocycles. The maximum atomic E-state index is 5.93. The van der Waals surface area contributed by atoms with E-state index in [1.165, 1.54) is 22.3 Å². The van der Waals surface area contributed by atoms with Gasteiger partial charge in [-0.2, -0.15) is 0 Å². The Labute approximate surface area is 125 Å². The average Bonchev–Trinajstić information content (AvgIpc) is 3.15. The van der Waals surface area contributed by atoms with E-state index in [1.54, 1.807) is 0 Å². The maximum absolute atomic E-state index is 5.93. The molecule has 1 aliphatic carbocycles. The first kappa shape index (κ1) is 12.9. The highest BCUT2D eigenvalue weighted by atomic mass is 16.5. The Morgan fingerprint density at radius 1 is 1.05 bits per heavy atom. The lowest BCUT2D eigenvalue weighted by Crippen LogP contribution is -2.32. The number of aryl methyl sites for hydroxylation is 1. The number of hydrogen-bond acceptors (Lipinski definition) is 3. The second kappa shape index (κ2) is 5.17. The van der Waals surface area contributed by atoms with Crippen LogP contribution in [0.2, 0.25) is 0 Å². The lowest BCUT2D eigenvalue weighted by atomic mass is 9.87. The summed E-state index contributed by atoms with van der Waals surface area (Å²) in [4.78, 5) is 0. The number of nitrogens with one attached hydrogen (secondary N) is 1. The molecule has 3 heteroatoms. The van der Waals surface area contributed by atoms with E-state index in [0.717, 1.165) is 31.6 Å². The van der Waals surface area contributed by atoms with Crippen LogP contribution >= 0.6 is 0 Å². The molecule has 108 valence electrons. The zero-order chi connectivity index (χ0) is 14.2. The average molecular weight is 280 g/mol. The molecule has 1 aliphatic heterocycles. The standard InChI is InChI=1S/C18H20N2O/c19-20-17(15-9-8-12-4-1-2-6-14(12)15)16-7-3-5-13-10-11-21-18(13)16/h1-7,15,17,20H,8-11,19H2. The zero-order valence-electron chi connectivity index (χ0n) is 12.0. The van der Waals surface area contributed by atoms with E-state index < -0.39 is 0 Å². The summed E-state index contributed by atoms with van der Waals surface area (Å²) in [5.74, 6) is 7.39. The van der Waals surface area contributed by atoms with Crippen LogP contribution in [0.4, 0.5) is 0 Å². The van der Waals surface area contributed by atoms with Crippen LogP contribution in [0.5, 0.6) is 5.75 Å². The monoisotopic (exact) mass is 280 g/mol. The van der Waals surface area contributed by atoms with Gasteiger partial charge in [0.25, 0.3) is 0 Å². The minimum atomic E-state index is 0.113. The third-order valence-corrected chi connectivity index (χ3v) is 4.84. The van der Waals surface area contributed by atoms with Crippen molar-refractivity contribution in [1.29, 1.82) is 0 Å². The summed E-state index contributed by atoms with van der Waals surface area (Å²) in [5.41, 5.74) is 8.44. The van der Waals surface area contributed by atoms with Crippen molar-refractivity contribution in [2.45, 2.75) is 31.2 Å². The first-order valence-electron chi connectivity index (χ1n) is 7.67. The molecular formula is C18H20N2O. The highest BCUT2D eigenvalue weighted by molar-refractivity contribution is 5.48. The predicted molar refractivity (Wildman–Crippen MR) is 83.2 cm³/mol. The van der Waals surface area contributed by atoms with E-state index in [-0.39, 0.29) is 6.04 Å². The van der Waals surface area contributed by atoms with Gasteiger partial charge in [0, 0.05) is 17.9 Å². The summed E-state index contributed by atoms with van der Waals surface area (Å²) in [6.45, 7) is 0.783. The molecule has 21 heavy (non-hydrogen) atoms. The van der Waals surface area contributed by atoms with E-state index in [1.807, 2.05) is 0 Å². The van der Waals surface area contributed by atoms with Gasteiger partial charge in [0.05, 0.1) is 12.6 Å². The summed E-state index contributed by atoms with van der Waals surface area (Å²) in [6.07, 6.45) is 3.27. The molecule has 0 aromatic heterocycles. The van der Waals surface area contributed by atoms with Gasteiger partial charge >= 0.3 is 0 Å². The van der Waals surface area contributed by atoms with Gasteiger partial charge in [-0.25, -0.2) is 0 Å². The van der Waals surface area contributed by atoms with Gasteiger partial charge in [0.15, 0.2) is 0 Å². The van der Waals surface area contributed by atoms with E-state index >= 15 is 0 Å². The molecule has 2 aromatic carbocycles. The quantitative estimate of drug-likeness (QED) is 0.671. The highest BCUT2D eigenvalue weighted by Crippen LogP contribution is 2.45. The molecule has 0 radical (unpaired) electrons. The molecule has 0 bridgehead atoms. The van der Waals surface area contributed by atoms with Crippen molar-refractivity contribution in [1.82, 2.24) is 5.43 Å².